The molecular formula is C20H20N2O2. The van der Waals surface area contributed by atoms with Gasteiger partial charge in [0.05, 0.1) is 6.54 Å². The molecule has 0 bridgehead atoms. The SMILES string of the molecule is O=C(COc1ccc2c(c1)CCCC2)NCC#Cc1cccnc1. The van der Waals surface area contributed by atoms with Crippen molar-refractivity contribution >= 4 is 5.91 Å². The summed E-state index contributed by atoms with van der Waals surface area (Å²) in [5.41, 5.74) is 3.59. The van der Waals surface area contributed by atoms with Crippen molar-refractivity contribution in [2.45, 2.75) is 25.7 Å². The van der Waals surface area contributed by atoms with Gasteiger partial charge in [-0.05, 0) is 61.1 Å². The van der Waals surface area contributed by atoms with Gasteiger partial charge in [-0.1, -0.05) is 17.9 Å². The first-order valence-electron chi connectivity index (χ1n) is 8.21. The molecule has 0 fully saturated rings. The van der Waals surface area contributed by atoms with Crippen LogP contribution >= 0.6 is 0 Å². The molecule has 0 aliphatic heterocycles. The Kier molecular flexibility index (Phi) is 5.47. The number of amides is 1. The molecule has 1 heterocycles. The van der Waals surface area contributed by atoms with E-state index in [2.05, 4.69) is 34.3 Å². The predicted octanol–water partition coefficient (Wildman–Crippen LogP) is 2.51. The molecule has 3 rings (SSSR count). The molecule has 122 valence electrons. The number of nitrogens with zero attached hydrogens (tertiary/aromatic N) is 1. The molecule has 0 saturated carbocycles. The van der Waals surface area contributed by atoms with E-state index >= 15 is 0 Å². The van der Waals surface area contributed by atoms with Crippen LogP contribution < -0.4 is 10.1 Å². The normalized spacial score (nSPS) is 12.5. The van der Waals surface area contributed by atoms with Gasteiger partial charge in [-0.3, -0.25) is 9.78 Å². The summed E-state index contributed by atoms with van der Waals surface area (Å²) in [5.74, 6) is 6.42. The summed E-state index contributed by atoms with van der Waals surface area (Å²) in [6, 6.07) is 9.82. The van der Waals surface area contributed by atoms with E-state index in [1.54, 1.807) is 12.4 Å². The number of aromatic nitrogens is 1. The third kappa shape index (κ3) is 4.60. The van der Waals surface area contributed by atoms with Crippen LogP contribution in [-0.2, 0) is 17.6 Å². The topological polar surface area (TPSA) is 51.2 Å². The van der Waals surface area contributed by atoms with Gasteiger partial charge in [0.25, 0.3) is 5.91 Å². The lowest BCUT2D eigenvalue weighted by Gasteiger charge is -2.16. The van der Waals surface area contributed by atoms with Crippen molar-refractivity contribution in [2.24, 2.45) is 0 Å². The van der Waals surface area contributed by atoms with Crippen LogP contribution in [0.2, 0.25) is 0 Å². The lowest BCUT2D eigenvalue weighted by atomic mass is 9.92. The lowest BCUT2D eigenvalue weighted by Crippen LogP contribution is -2.29. The Hall–Kier alpha value is -2.80. The van der Waals surface area contributed by atoms with Gasteiger partial charge in [0.1, 0.15) is 5.75 Å². The van der Waals surface area contributed by atoms with Crippen LogP contribution in [0.15, 0.2) is 42.7 Å². The molecule has 1 aliphatic carbocycles. The largest absolute Gasteiger partial charge is 0.484 e. The fraction of sp³-hybridized carbons (Fsp3) is 0.300. The minimum absolute atomic E-state index is 0.00730. The standard InChI is InChI=1S/C20H20N2O2/c23-20(22-12-4-6-16-5-3-11-21-14-16)15-24-19-10-9-17-7-1-2-8-18(17)13-19/h3,5,9-11,13-14H,1-2,7-8,12,15H2,(H,22,23). The van der Waals surface area contributed by atoms with Gasteiger partial charge < -0.3 is 10.1 Å². The number of benzene rings is 1. The van der Waals surface area contributed by atoms with Crippen LogP contribution in [0.1, 0.15) is 29.5 Å². The summed E-state index contributed by atoms with van der Waals surface area (Å²) in [7, 11) is 0. The molecule has 1 aromatic carbocycles. The molecule has 1 N–H and O–H groups in total. The van der Waals surface area contributed by atoms with Crippen molar-refractivity contribution in [3.63, 3.8) is 0 Å². The van der Waals surface area contributed by atoms with Gasteiger partial charge in [-0.25, -0.2) is 0 Å². The van der Waals surface area contributed by atoms with Crippen molar-refractivity contribution in [3.8, 4) is 17.6 Å². The molecule has 1 aliphatic rings. The van der Waals surface area contributed by atoms with Gasteiger partial charge in [-0.2, -0.15) is 0 Å². The molecular weight excluding hydrogens is 300 g/mol. The molecule has 1 aromatic heterocycles. The van der Waals surface area contributed by atoms with E-state index in [1.165, 1.54) is 24.0 Å². The number of rotatable bonds is 4. The van der Waals surface area contributed by atoms with E-state index in [0.29, 0.717) is 6.54 Å². The molecule has 2 aromatic rings. The Bertz CT molecular complexity index is 760. The van der Waals surface area contributed by atoms with Crippen molar-refractivity contribution in [1.82, 2.24) is 10.3 Å². The number of aryl methyl sites for hydroxylation is 2. The average Bonchev–Trinajstić information content (AvgIpc) is 2.64. The molecule has 24 heavy (non-hydrogen) atoms. The molecule has 0 spiro atoms. The summed E-state index contributed by atoms with van der Waals surface area (Å²) in [4.78, 5) is 15.8. The van der Waals surface area contributed by atoms with Crippen molar-refractivity contribution in [2.75, 3.05) is 13.2 Å². The van der Waals surface area contributed by atoms with Crippen molar-refractivity contribution in [1.29, 1.82) is 0 Å². The van der Waals surface area contributed by atoms with Crippen molar-refractivity contribution < 1.29 is 9.53 Å². The molecule has 0 radical (unpaired) electrons. The van der Waals surface area contributed by atoms with Crippen molar-refractivity contribution in [3.05, 3.63) is 59.4 Å². The highest BCUT2D eigenvalue weighted by molar-refractivity contribution is 5.77. The number of carbonyl (C=O) groups excluding carboxylic acids is 1. The number of pyridine rings is 1. The van der Waals surface area contributed by atoms with Crippen LogP contribution in [0, 0.1) is 11.8 Å². The maximum atomic E-state index is 11.8. The highest BCUT2D eigenvalue weighted by Gasteiger charge is 2.10. The third-order valence-electron chi connectivity index (χ3n) is 3.96. The second kappa shape index (κ2) is 8.16. The fourth-order valence-electron chi connectivity index (χ4n) is 2.73. The second-order valence-corrected chi connectivity index (χ2v) is 5.75. The Balaban J connectivity index is 1.43. The van der Waals surface area contributed by atoms with Crippen LogP contribution in [0.5, 0.6) is 5.75 Å². The first-order chi connectivity index (χ1) is 11.8. The first-order valence-corrected chi connectivity index (χ1v) is 8.21. The zero-order valence-corrected chi connectivity index (χ0v) is 13.5. The second-order valence-electron chi connectivity index (χ2n) is 5.75. The highest BCUT2D eigenvalue weighted by atomic mass is 16.5. The Morgan fingerprint density at radius 1 is 1.21 bits per heavy atom. The Labute approximate surface area is 142 Å². The molecule has 4 heteroatoms. The summed E-state index contributed by atoms with van der Waals surface area (Å²) in [6.07, 6.45) is 8.12. The van der Waals surface area contributed by atoms with Gasteiger partial charge in [0, 0.05) is 18.0 Å². The lowest BCUT2D eigenvalue weighted by molar-refractivity contribution is -0.122. The smallest absolute Gasteiger partial charge is 0.258 e. The Morgan fingerprint density at radius 2 is 2.08 bits per heavy atom. The summed E-state index contributed by atoms with van der Waals surface area (Å²) < 4.78 is 5.58. The zero-order chi connectivity index (χ0) is 16.6. The molecule has 1 amide bonds. The third-order valence-corrected chi connectivity index (χ3v) is 3.96. The van der Waals surface area contributed by atoms with Gasteiger partial charge in [0.2, 0.25) is 0 Å². The van der Waals surface area contributed by atoms with E-state index in [-0.39, 0.29) is 12.5 Å². The molecule has 0 saturated heterocycles. The molecule has 0 atom stereocenters. The number of ether oxygens (including phenoxy) is 1. The quantitative estimate of drug-likeness (QED) is 0.881. The van der Waals surface area contributed by atoms with Gasteiger partial charge >= 0.3 is 0 Å². The summed E-state index contributed by atoms with van der Waals surface area (Å²) in [6.45, 7) is 0.300. The molecule has 4 nitrogen and oxygen atoms in total. The van der Waals surface area contributed by atoms with E-state index in [9.17, 15) is 4.79 Å². The van der Waals surface area contributed by atoms with E-state index in [4.69, 9.17) is 4.74 Å². The van der Waals surface area contributed by atoms with E-state index in [1.807, 2.05) is 18.2 Å². The molecule has 0 unspecified atom stereocenters. The van der Waals surface area contributed by atoms with Crippen LogP contribution in [-0.4, -0.2) is 24.0 Å². The minimum Gasteiger partial charge on any atom is -0.484 e. The maximum Gasteiger partial charge on any atom is 0.258 e. The fourth-order valence-corrected chi connectivity index (χ4v) is 2.73. The van der Waals surface area contributed by atoms with Gasteiger partial charge in [-0.15, -0.1) is 0 Å². The number of carbonyl (C=O) groups is 1. The average molecular weight is 320 g/mol. The number of hydrogen-bond acceptors (Lipinski definition) is 3. The predicted molar refractivity (Wildman–Crippen MR) is 92.7 cm³/mol. The van der Waals surface area contributed by atoms with Crippen LogP contribution in [0.4, 0.5) is 0 Å². The zero-order valence-electron chi connectivity index (χ0n) is 13.5. The summed E-state index contributed by atoms with van der Waals surface area (Å²) in [5, 5.41) is 2.73. The Morgan fingerprint density at radius 3 is 2.92 bits per heavy atom. The van der Waals surface area contributed by atoms with Crippen LogP contribution in [0.25, 0.3) is 0 Å². The minimum atomic E-state index is -0.173. The first kappa shape index (κ1) is 16.1. The van der Waals surface area contributed by atoms with E-state index < -0.39 is 0 Å². The summed E-state index contributed by atoms with van der Waals surface area (Å²) >= 11 is 0. The van der Waals surface area contributed by atoms with Gasteiger partial charge in [0.15, 0.2) is 6.61 Å². The van der Waals surface area contributed by atoms with E-state index in [0.717, 1.165) is 24.2 Å². The van der Waals surface area contributed by atoms with Crippen LogP contribution in [0.3, 0.4) is 0 Å². The highest BCUT2D eigenvalue weighted by Crippen LogP contribution is 2.25. The maximum absolute atomic E-state index is 11.8. The number of nitrogens with one attached hydrogen (secondary N) is 1. The number of hydrogen-bond donors (Lipinski definition) is 1. The monoisotopic (exact) mass is 320 g/mol. The number of fused-ring (bicyclic) bond motifs is 1.